The number of rotatable bonds is 5. The Balaban J connectivity index is 1.72. The van der Waals surface area contributed by atoms with Crippen LogP contribution in [0.3, 0.4) is 0 Å². The van der Waals surface area contributed by atoms with E-state index >= 15 is 0 Å². The Bertz CT molecular complexity index is 542. The van der Waals surface area contributed by atoms with Crippen LogP contribution < -0.4 is 10.1 Å². The summed E-state index contributed by atoms with van der Waals surface area (Å²) in [6, 6.07) is 8.02. The molecule has 2 aromatic rings. The maximum atomic E-state index is 8.73. The van der Waals surface area contributed by atoms with E-state index in [1.807, 2.05) is 24.3 Å². The lowest BCUT2D eigenvalue weighted by molar-refractivity contribution is 0.233. The molecule has 0 aliphatic carbocycles. The Kier molecular flexibility index (Phi) is 4.30. The maximum absolute atomic E-state index is 8.73. The van der Waals surface area contributed by atoms with Gasteiger partial charge in [-0.15, -0.1) is 11.3 Å². The maximum Gasteiger partial charge on any atom is 0.123 e. The number of fused-ring (bicyclic) bond motifs is 1. The van der Waals surface area contributed by atoms with Gasteiger partial charge in [-0.3, -0.25) is 0 Å². The highest BCUT2D eigenvalue weighted by atomic mass is 32.1. The molecule has 0 atom stereocenters. The predicted octanol–water partition coefficient (Wildman–Crippen LogP) is 2.22. The van der Waals surface area contributed by atoms with E-state index in [4.69, 9.17) is 14.8 Å². The van der Waals surface area contributed by atoms with Crippen LogP contribution in [0.4, 0.5) is 0 Å². The first-order valence-electron chi connectivity index (χ1n) is 6.90. The van der Waals surface area contributed by atoms with Crippen molar-refractivity contribution in [2.75, 3.05) is 19.8 Å². The van der Waals surface area contributed by atoms with Crippen LogP contribution in [0, 0.1) is 0 Å². The highest BCUT2D eigenvalue weighted by Gasteiger charge is 2.15. The molecule has 0 spiro atoms. The third-order valence-electron chi connectivity index (χ3n) is 3.27. The van der Waals surface area contributed by atoms with Gasteiger partial charge in [0.2, 0.25) is 0 Å². The van der Waals surface area contributed by atoms with Crippen molar-refractivity contribution in [2.45, 2.75) is 19.4 Å². The van der Waals surface area contributed by atoms with Crippen LogP contribution in [0.2, 0.25) is 0 Å². The molecule has 0 saturated heterocycles. The van der Waals surface area contributed by atoms with Gasteiger partial charge in [0.05, 0.1) is 12.3 Å². The molecule has 0 unspecified atom stereocenters. The van der Waals surface area contributed by atoms with Crippen molar-refractivity contribution < 1.29 is 9.84 Å². The summed E-state index contributed by atoms with van der Waals surface area (Å²) in [6.45, 7) is 2.67. The molecule has 0 radical (unpaired) electrons. The fourth-order valence-electron chi connectivity index (χ4n) is 2.20. The van der Waals surface area contributed by atoms with Crippen molar-refractivity contribution in [2.24, 2.45) is 0 Å². The second kappa shape index (κ2) is 6.35. The number of nitrogens with zero attached hydrogens (tertiary/aromatic N) is 1. The topological polar surface area (TPSA) is 54.4 Å². The monoisotopic (exact) mass is 290 g/mol. The van der Waals surface area contributed by atoms with Crippen molar-refractivity contribution in [1.29, 1.82) is 0 Å². The van der Waals surface area contributed by atoms with E-state index in [1.165, 1.54) is 10.6 Å². The molecular formula is C15H18N2O2S. The zero-order chi connectivity index (χ0) is 13.8. The van der Waals surface area contributed by atoms with Crippen molar-refractivity contribution in [3.63, 3.8) is 0 Å². The summed E-state index contributed by atoms with van der Waals surface area (Å²) in [6.07, 6.45) is 1.68. The molecule has 0 saturated carbocycles. The molecule has 1 aromatic heterocycles. The SMILES string of the molecule is OCCCOc1ccc(-c2nc3c(s2)CNCC3)cc1. The van der Waals surface area contributed by atoms with Crippen molar-refractivity contribution >= 4 is 11.3 Å². The average molecular weight is 290 g/mol. The fourth-order valence-corrected chi connectivity index (χ4v) is 3.28. The molecular weight excluding hydrogens is 272 g/mol. The largest absolute Gasteiger partial charge is 0.494 e. The van der Waals surface area contributed by atoms with Crippen LogP contribution in [0.5, 0.6) is 5.75 Å². The second-order valence-electron chi connectivity index (χ2n) is 4.77. The lowest BCUT2D eigenvalue weighted by atomic mass is 10.2. The minimum atomic E-state index is 0.163. The van der Waals surface area contributed by atoms with E-state index in [9.17, 15) is 0 Å². The number of thiazole rings is 1. The Morgan fingerprint density at radius 2 is 2.15 bits per heavy atom. The number of aromatic nitrogens is 1. The van der Waals surface area contributed by atoms with Crippen molar-refractivity contribution in [3.05, 3.63) is 34.8 Å². The minimum absolute atomic E-state index is 0.163. The van der Waals surface area contributed by atoms with Crippen LogP contribution in [-0.4, -0.2) is 29.8 Å². The van der Waals surface area contributed by atoms with Gasteiger partial charge in [-0.1, -0.05) is 0 Å². The third-order valence-corrected chi connectivity index (χ3v) is 4.42. The number of aliphatic hydroxyl groups excluding tert-OH is 1. The molecule has 5 heteroatoms. The smallest absolute Gasteiger partial charge is 0.123 e. The molecule has 4 nitrogen and oxygen atoms in total. The lowest BCUT2D eigenvalue weighted by Gasteiger charge is -2.09. The predicted molar refractivity (Wildman–Crippen MR) is 80.2 cm³/mol. The van der Waals surface area contributed by atoms with Gasteiger partial charge in [-0.05, 0) is 24.3 Å². The van der Waals surface area contributed by atoms with E-state index in [0.717, 1.165) is 35.8 Å². The van der Waals surface area contributed by atoms with Crippen LogP contribution >= 0.6 is 11.3 Å². The van der Waals surface area contributed by atoms with Gasteiger partial charge >= 0.3 is 0 Å². The molecule has 0 amide bonds. The number of aliphatic hydroxyl groups is 1. The standard InChI is InChI=1S/C15H18N2O2S/c18-8-1-9-19-12-4-2-11(3-5-12)15-17-13-6-7-16-10-14(13)20-15/h2-5,16,18H,1,6-10H2. The Hall–Kier alpha value is -1.43. The van der Waals surface area contributed by atoms with Gasteiger partial charge in [-0.25, -0.2) is 4.98 Å². The molecule has 2 N–H and O–H groups in total. The fraction of sp³-hybridized carbons (Fsp3) is 0.400. The normalized spacial score (nSPS) is 14.1. The Morgan fingerprint density at radius 1 is 1.30 bits per heavy atom. The van der Waals surface area contributed by atoms with Gasteiger partial charge in [0.1, 0.15) is 10.8 Å². The average Bonchev–Trinajstić information content (AvgIpc) is 2.92. The molecule has 3 rings (SSSR count). The van der Waals surface area contributed by atoms with Crippen LogP contribution in [0.15, 0.2) is 24.3 Å². The number of hydrogen-bond acceptors (Lipinski definition) is 5. The summed E-state index contributed by atoms with van der Waals surface area (Å²) in [7, 11) is 0. The third kappa shape index (κ3) is 3.00. The van der Waals surface area contributed by atoms with Crippen LogP contribution in [-0.2, 0) is 13.0 Å². The van der Waals surface area contributed by atoms with Crippen LogP contribution in [0.25, 0.3) is 10.6 Å². The van der Waals surface area contributed by atoms with E-state index in [-0.39, 0.29) is 6.61 Å². The molecule has 1 aromatic carbocycles. The lowest BCUT2D eigenvalue weighted by Crippen LogP contribution is -2.22. The molecule has 2 heterocycles. The van der Waals surface area contributed by atoms with Crippen molar-refractivity contribution in [3.8, 4) is 16.3 Å². The summed E-state index contributed by atoms with van der Waals surface area (Å²) in [5.74, 6) is 0.838. The number of benzene rings is 1. The van der Waals surface area contributed by atoms with Gasteiger partial charge < -0.3 is 15.2 Å². The summed E-state index contributed by atoms with van der Waals surface area (Å²) in [5.41, 5.74) is 2.38. The highest BCUT2D eigenvalue weighted by Crippen LogP contribution is 2.30. The van der Waals surface area contributed by atoms with Crippen molar-refractivity contribution in [1.82, 2.24) is 10.3 Å². The summed E-state index contributed by atoms with van der Waals surface area (Å²) < 4.78 is 5.53. The van der Waals surface area contributed by atoms with Gasteiger partial charge in [0.25, 0.3) is 0 Å². The first-order valence-corrected chi connectivity index (χ1v) is 7.72. The molecule has 1 aliphatic rings. The molecule has 20 heavy (non-hydrogen) atoms. The quantitative estimate of drug-likeness (QED) is 0.829. The minimum Gasteiger partial charge on any atom is -0.494 e. The highest BCUT2D eigenvalue weighted by molar-refractivity contribution is 7.15. The van der Waals surface area contributed by atoms with E-state index in [2.05, 4.69) is 5.32 Å². The van der Waals surface area contributed by atoms with E-state index in [1.54, 1.807) is 11.3 Å². The van der Waals surface area contributed by atoms with Gasteiger partial charge in [0, 0.05) is 43.0 Å². The first kappa shape index (κ1) is 13.5. The summed E-state index contributed by atoms with van der Waals surface area (Å²) >= 11 is 1.77. The second-order valence-corrected chi connectivity index (χ2v) is 5.85. The zero-order valence-corrected chi connectivity index (χ0v) is 12.1. The molecule has 0 bridgehead atoms. The summed E-state index contributed by atoms with van der Waals surface area (Å²) in [5, 5.41) is 13.2. The molecule has 106 valence electrons. The Labute approximate surface area is 122 Å². The zero-order valence-electron chi connectivity index (χ0n) is 11.3. The first-order chi connectivity index (χ1) is 9.86. The Morgan fingerprint density at radius 3 is 2.90 bits per heavy atom. The van der Waals surface area contributed by atoms with Crippen LogP contribution in [0.1, 0.15) is 17.0 Å². The van der Waals surface area contributed by atoms with Gasteiger partial charge in [-0.2, -0.15) is 0 Å². The van der Waals surface area contributed by atoms with E-state index < -0.39 is 0 Å². The summed E-state index contributed by atoms with van der Waals surface area (Å²) in [4.78, 5) is 6.09. The molecule has 1 aliphatic heterocycles. The molecule has 0 fully saturated rings. The number of ether oxygens (including phenoxy) is 1. The number of nitrogens with one attached hydrogen (secondary N) is 1. The van der Waals surface area contributed by atoms with E-state index in [0.29, 0.717) is 13.0 Å². The number of hydrogen-bond donors (Lipinski definition) is 2. The van der Waals surface area contributed by atoms with Gasteiger partial charge in [0.15, 0.2) is 0 Å².